The van der Waals surface area contributed by atoms with Crippen molar-refractivity contribution < 1.29 is 24.6 Å². The molecule has 21 heavy (non-hydrogen) atoms. The maximum absolute atomic E-state index is 10.7. The molecule has 1 aromatic carbocycles. The van der Waals surface area contributed by atoms with Gasteiger partial charge in [-0.05, 0) is 31.0 Å². The SMILES string of the molecule is C/C(COc1ccc(CC(N)C(=O)O)cc1)=N\OCCO. The number of hydrogen-bond acceptors (Lipinski definition) is 6. The summed E-state index contributed by atoms with van der Waals surface area (Å²) in [5.74, 6) is -0.385. The molecule has 0 fully saturated rings. The molecular weight excluding hydrogens is 276 g/mol. The predicted molar refractivity (Wildman–Crippen MR) is 77.4 cm³/mol. The molecule has 0 aliphatic carbocycles. The molecule has 0 saturated carbocycles. The van der Waals surface area contributed by atoms with Crippen LogP contribution in [0.4, 0.5) is 0 Å². The van der Waals surface area contributed by atoms with Gasteiger partial charge in [0, 0.05) is 0 Å². The lowest BCUT2D eigenvalue weighted by atomic mass is 10.1. The summed E-state index contributed by atoms with van der Waals surface area (Å²) in [5.41, 5.74) is 6.93. The topological polar surface area (TPSA) is 114 Å². The highest BCUT2D eigenvalue weighted by Gasteiger charge is 2.11. The van der Waals surface area contributed by atoms with Gasteiger partial charge in [0.05, 0.1) is 12.3 Å². The number of aliphatic carboxylic acids is 1. The lowest BCUT2D eigenvalue weighted by Gasteiger charge is -2.09. The monoisotopic (exact) mass is 296 g/mol. The second-order valence-electron chi connectivity index (χ2n) is 4.46. The molecule has 116 valence electrons. The lowest BCUT2D eigenvalue weighted by Crippen LogP contribution is -2.32. The Bertz CT molecular complexity index is 473. The smallest absolute Gasteiger partial charge is 0.320 e. The van der Waals surface area contributed by atoms with Crippen LogP contribution in [0.2, 0.25) is 0 Å². The van der Waals surface area contributed by atoms with Gasteiger partial charge in [-0.3, -0.25) is 4.79 Å². The van der Waals surface area contributed by atoms with Crippen molar-refractivity contribution >= 4 is 11.7 Å². The molecule has 1 unspecified atom stereocenters. The third-order valence-electron chi connectivity index (χ3n) is 2.55. The Morgan fingerprint density at radius 3 is 2.62 bits per heavy atom. The van der Waals surface area contributed by atoms with Crippen LogP contribution in [0.1, 0.15) is 12.5 Å². The molecule has 7 heteroatoms. The molecule has 0 aliphatic rings. The van der Waals surface area contributed by atoms with Crippen LogP contribution in [-0.2, 0) is 16.1 Å². The van der Waals surface area contributed by atoms with E-state index in [4.69, 9.17) is 25.5 Å². The van der Waals surface area contributed by atoms with E-state index in [1.165, 1.54) is 0 Å². The zero-order valence-corrected chi connectivity index (χ0v) is 11.9. The molecule has 0 spiro atoms. The van der Waals surface area contributed by atoms with Gasteiger partial charge in [-0.2, -0.15) is 0 Å². The standard InChI is InChI=1S/C14H20N2O5/c1-10(16-21-7-6-17)9-20-12-4-2-11(3-5-12)8-13(15)14(18)19/h2-5,13,17H,6-9,15H2,1H3,(H,18,19)/b16-10+. The molecule has 7 nitrogen and oxygen atoms in total. The summed E-state index contributed by atoms with van der Waals surface area (Å²) in [6, 6.07) is 6.12. The summed E-state index contributed by atoms with van der Waals surface area (Å²) in [6.45, 7) is 2.07. The van der Waals surface area contributed by atoms with E-state index in [0.717, 1.165) is 5.56 Å². The van der Waals surface area contributed by atoms with Gasteiger partial charge in [0.1, 0.15) is 25.0 Å². The van der Waals surface area contributed by atoms with Crippen LogP contribution in [0.5, 0.6) is 5.75 Å². The minimum atomic E-state index is -1.02. The van der Waals surface area contributed by atoms with E-state index in [1.807, 2.05) is 0 Å². The first-order valence-corrected chi connectivity index (χ1v) is 6.49. The zero-order valence-electron chi connectivity index (χ0n) is 11.9. The largest absolute Gasteiger partial charge is 0.488 e. The normalized spacial score (nSPS) is 12.8. The fourth-order valence-corrected chi connectivity index (χ4v) is 1.47. The summed E-state index contributed by atoms with van der Waals surface area (Å²) >= 11 is 0. The van der Waals surface area contributed by atoms with Crippen LogP contribution in [-0.4, -0.2) is 47.8 Å². The number of carbonyl (C=O) groups is 1. The number of nitrogens with zero attached hydrogens (tertiary/aromatic N) is 1. The molecule has 0 bridgehead atoms. The molecule has 0 amide bonds. The van der Waals surface area contributed by atoms with Crippen molar-refractivity contribution in [1.82, 2.24) is 0 Å². The van der Waals surface area contributed by atoms with E-state index in [1.54, 1.807) is 31.2 Å². The minimum Gasteiger partial charge on any atom is -0.488 e. The number of hydrogen-bond donors (Lipinski definition) is 3. The second-order valence-corrected chi connectivity index (χ2v) is 4.46. The van der Waals surface area contributed by atoms with Crippen LogP contribution < -0.4 is 10.5 Å². The summed E-state index contributed by atoms with van der Waals surface area (Å²) in [4.78, 5) is 15.5. The molecule has 1 atom stereocenters. The van der Waals surface area contributed by atoms with E-state index in [9.17, 15) is 4.79 Å². The van der Waals surface area contributed by atoms with Gasteiger partial charge < -0.3 is 25.5 Å². The van der Waals surface area contributed by atoms with E-state index in [-0.39, 0.29) is 26.2 Å². The fourth-order valence-electron chi connectivity index (χ4n) is 1.47. The van der Waals surface area contributed by atoms with Crippen molar-refractivity contribution in [2.45, 2.75) is 19.4 Å². The minimum absolute atomic E-state index is 0.0857. The van der Waals surface area contributed by atoms with Crippen molar-refractivity contribution in [3.63, 3.8) is 0 Å². The molecule has 1 rings (SSSR count). The highest BCUT2D eigenvalue weighted by atomic mass is 16.6. The summed E-state index contributed by atoms with van der Waals surface area (Å²) in [6.07, 6.45) is 0.269. The number of carboxylic acids is 1. The maximum Gasteiger partial charge on any atom is 0.320 e. The molecule has 4 N–H and O–H groups in total. The van der Waals surface area contributed by atoms with Gasteiger partial charge >= 0.3 is 5.97 Å². The molecule has 0 radical (unpaired) electrons. The molecular formula is C14H20N2O5. The van der Waals surface area contributed by atoms with Crippen molar-refractivity contribution in [2.24, 2.45) is 10.9 Å². The molecule has 1 aromatic rings. The van der Waals surface area contributed by atoms with Gasteiger partial charge in [-0.25, -0.2) is 0 Å². The Labute approximate surface area is 123 Å². The summed E-state index contributed by atoms with van der Waals surface area (Å²) < 4.78 is 5.49. The molecule has 0 saturated heterocycles. The fraction of sp³-hybridized carbons (Fsp3) is 0.429. The van der Waals surface area contributed by atoms with E-state index < -0.39 is 12.0 Å². The first-order chi connectivity index (χ1) is 10.0. The third kappa shape index (κ3) is 6.73. The average molecular weight is 296 g/mol. The van der Waals surface area contributed by atoms with E-state index >= 15 is 0 Å². The van der Waals surface area contributed by atoms with Crippen molar-refractivity contribution in [3.8, 4) is 5.75 Å². The van der Waals surface area contributed by atoms with Gasteiger partial charge in [0.15, 0.2) is 0 Å². The highest BCUT2D eigenvalue weighted by Crippen LogP contribution is 2.13. The van der Waals surface area contributed by atoms with Gasteiger partial charge in [-0.1, -0.05) is 17.3 Å². The Morgan fingerprint density at radius 2 is 2.05 bits per heavy atom. The lowest BCUT2D eigenvalue weighted by molar-refractivity contribution is -0.138. The van der Waals surface area contributed by atoms with Gasteiger partial charge in [0.25, 0.3) is 0 Å². The Balaban J connectivity index is 2.44. The van der Waals surface area contributed by atoms with Crippen LogP contribution in [0.3, 0.4) is 0 Å². The molecule has 0 aromatic heterocycles. The number of aliphatic hydroxyl groups is 1. The van der Waals surface area contributed by atoms with Crippen molar-refractivity contribution in [2.75, 3.05) is 19.8 Å². The number of nitrogens with two attached hydrogens (primary N) is 1. The Hall–Kier alpha value is -2.12. The first-order valence-electron chi connectivity index (χ1n) is 6.49. The zero-order chi connectivity index (χ0) is 15.7. The quantitative estimate of drug-likeness (QED) is 0.345. The van der Waals surface area contributed by atoms with Crippen LogP contribution >= 0.6 is 0 Å². The summed E-state index contributed by atoms with van der Waals surface area (Å²) in [7, 11) is 0. The number of rotatable bonds is 9. The van der Waals surface area contributed by atoms with Crippen molar-refractivity contribution in [1.29, 1.82) is 0 Å². The first kappa shape index (κ1) is 16.9. The van der Waals surface area contributed by atoms with Crippen LogP contribution in [0.15, 0.2) is 29.4 Å². The number of aliphatic hydroxyl groups excluding tert-OH is 1. The van der Waals surface area contributed by atoms with Crippen LogP contribution in [0.25, 0.3) is 0 Å². The van der Waals surface area contributed by atoms with Crippen LogP contribution in [0, 0.1) is 0 Å². The third-order valence-corrected chi connectivity index (χ3v) is 2.55. The number of benzene rings is 1. The average Bonchev–Trinajstić information content (AvgIpc) is 2.46. The highest BCUT2D eigenvalue weighted by molar-refractivity contribution is 5.82. The van der Waals surface area contributed by atoms with Crippen molar-refractivity contribution in [3.05, 3.63) is 29.8 Å². The number of ether oxygens (including phenoxy) is 1. The second kappa shape index (κ2) is 8.93. The van der Waals surface area contributed by atoms with E-state index in [2.05, 4.69) is 5.16 Å². The Morgan fingerprint density at radius 1 is 1.38 bits per heavy atom. The van der Waals surface area contributed by atoms with Gasteiger partial charge in [-0.15, -0.1) is 0 Å². The number of carboxylic acid groups (broad SMARTS) is 1. The molecule has 0 heterocycles. The molecule has 0 aliphatic heterocycles. The maximum atomic E-state index is 10.7. The Kier molecular flexibility index (Phi) is 7.20. The van der Waals surface area contributed by atoms with Gasteiger partial charge in [0.2, 0.25) is 0 Å². The van der Waals surface area contributed by atoms with E-state index in [0.29, 0.717) is 11.5 Å². The number of oxime groups is 1. The predicted octanol–water partition coefficient (Wildman–Crippen LogP) is 0.405. The summed E-state index contributed by atoms with van der Waals surface area (Å²) in [5, 5.41) is 21.0.